The molecule has 25 heavy (non-hydrogen) atoms. The summed E-state index contributed by atoms with van der Waals surface area (Å²) in [6.45, 7) is 5.56. The van der Waals surface area contributed by atoms with Gasteiger partial charge in [-0.15, -0.1) is 0 Å². The quantitative estimate of drug-likeness (QED) is 0.915. The Bertz CT molecular complexity index is 767. The molecular formula is C17H19F3N4O. The summed E-state index contributed by atoms with van der Waals surface area (Å²) in [6.07, 6.45) is -3.54. The van der Waals surface area contributed by atoms with Crippen molar-refractivity contribution in [2.24, 2.45) is 0 Å². The van der Waals surface area contributed by atoms with Crippen LogP contribution >= 0.6 is 0 Å². The minimum absolute atomic E-state index is 0.165. The Morgan fingerprint density at radius 3 is 2.36 bits per heavy atom. The molecule has 0 saturated heterocycles. The van der Waals surface area contributed by atoms with Crippen LogP contribution in [-0.2, 0) is 11.0 Å². The fourth-order valence-corrected chi connectivity index (χ4v) is 2.53. The fourth-order valence-electron chi connectivity index (χ4n) is 2.53. The van der Waals surface area contributed by atoms with Crippen LogP contribution < -0.4 is 10.2 Å². The third-order valence-electron chi connectivity index (χ3n) is 3.60. The maximum Gasteiger partial charge on any atom is 0.433 e. The van der Waals surface area contributed by atoms with E-state index in [-0.39, 0.29) is 18.4 Å². The highest BCUT2D eigenvalue weighted by Gasteiger charge is 2.33. The highest BCUT2D eigenvalue weighted by molar-refractivity contribution is 5.95. The summed E-state index contributed by atoms with van der Waals surface area (Å²) in [4.78, 5) is 20.8. The highest BCUT2D eigenvalue weighted by atomic mass is 19.4. The van der Waals surface area contributed by atoms with Crippen LogP contribution in [0.2, 0.25) is 0 Å². The number of nitrogens with zero attached hydrogens (tertiary/aromatic N) is 3. The predicted octanol–water partition coefficient (Wildman–Crippen LogP) is 3.50. The van der Waals surface area contributed by atoms with Crippen LogP contribution in [0.3, 0.4) is 0 Å². The molecule has 0 saturated carbocycles. The van der Waals surface area contributed by atoms with E-state index in [2.05, 4.69) is 15.3 Å². The number of likely N-dealkylation sites (N-methyl/N-ethyl adjacent to an activating group) is 1. The number of aromatic nitrogens is 2. The molecule has 0 fully saturated rings. The number of benzene rings is 1. The maximum absolute atomic E-state index is 12.7. The minimum atomic E-state index is -4.56. The topological polar surface area (TPSA) is 58.1 Å². The van der Waals surface area contributed by atoms with Gasteiger partial charge in [0.2, 0.25) is 11.9 Å². The molecule has 0 radical (unpaired) electrons. The molecule has 2 rings (SSSR count). The number of halogens is 3. The molecule has 1 heterocycles. The first-order valence-electron chi connectivity index (χ1n) is 7.57. The van der Waals surface area contributed by atoms with Gasteiger partial charge < -0.3 is 10.2 Å². The number of anilines is 2. The Kier molecular flexibility index (Phi) is 5.30. The lowest BCUT2D eigenvalue weighted by Gasteiger charge is -2.19. The van der Waals surface area contributed by atoms with Gasteiger partial charge in [0.15, 0.2) is 0 Å². The van der Waals surface area contributed by atoms with Gasteiger partial charge in [0.05, 0.1) is 6.54 Å². The summed E-state index contributed by atoms with van der Waals surface area (Å²) >= 11 is 0. The molecule has 0 aliphatic carbocycles. The van der Waals surface area contributed by atoms with Crippen LogP contribution in [0.15, 0.2) is 24.4 Å². The van der Waals surface area contributed by atoms with E-state index in [0.717, 1.165) is 29.0 Å². The van der Waals surface area contributed by atoms with Gasteiger partial charge in [-0.3, -0.25) is 4.79 Å². The minimum Gasteiger partial charge on any atom is -0.335 e. The predicted molar refractivity (Wildman–Crippen MR) is 89.6 cm³/mol. The van der Waals surface area contributed by atoms with Crippen LogP contribution in [0.1, 0.15) is 22.4 Å². The van der Waals surface area contributed by atoms with Crippen molar-refractivity contribution in [1.29, 1.82) is 0 Å². The van der Waals surface area contributed by atoms with Crippen LogP contribution in [0.5, 0.6) is 0 Å². The summed E-state index contributed by atoms with van der Waals surface area (Å²) in [6, 6.07) is 4.68. The van der Waals surface area contributed by atoms with Crippen molar-refractivity contribution < 1.29 is 18.0 Å². The Labute approximate surface area is 143 Å². The first-order valence-corrected chi connectivity index (χ1v) is 7.57. The summed E-state index contributed by atoms with van der Waals surface area (Å²) in [7, 11) is 1.46. The average Bonchev–Trinajstić information content (AvgIpc) is 2.50. The van der Waals surface area contributed by atoms with Crippen molar-refractivity contribution in [3.63, 3.8) is 0 Å². The zero-order valence-electron chi connectivity index (χ0n) is 14.4. The molecule has 0 unspecified atom stereocenters. The number of aryl methyl sites for hydroxylation is 3. The molecule has 0 spiro atoms. The molecule has 1 aromatic heterocycles. The normalized spacial score (nSPS) is 11.3. The SMILES string of the molecule is Cc1cc(C)c(NC(=O)CN(C)c2nccc(C(F)(F)F)n2)c(C)c1. The van der Waals surface area contributed by atoms with Crippen molar-refractivity contribution in [2.75, 3.05) is 23.8 Å². The summed E-state index contributed by atoms with van der Waals surface area (Å²) in [5.41, 5.74) is 2.58. The molecular weight excluding hydrogens is 333 g/mol. The Morgan fingerprint density at radius 1 is 1.20 bits per heavy atom. The fraction of sp³-hybridized carbons (Fsp3) is 0.353. The Balaban J connectivity index is 2.11. The summed E-state index contributed by atoms with van der Waals surface area (Å²) in [5.74, 6) is -0.527. The van der Waals surface area contributed by atoms with Gasteiger partial charge in [-0.25, -0.2) is 9.97 Å². The van der Waals surface area contributed by atoms with Crippen molar-refractivity contribution in [3.05, 3.63) is 46.8 Å². The van der Waals surface area contributed by atoms with Gasteiger partial charge in [-0.2, -0.15) is 13.2 Å². The molecule has 1 amide bonds. The summed E-state index contributed by atoms with van der Waals surface area (Å²) in [5, 5.41) is 2.79. The third kappa shape index (κ3) is 4.68. The van der Waals surface area contributed by atoms with Gasteiger partial charge >= 0.3 is 6.18 Å². The van der Waals surface area contributed by atoms with Crippen molar-refractivity contribution in [1.82, 2.24) is 9.97 Å². The number of hydrogen-bond acceptors (Lipinski definition) is 4. The largest absolute Gasteiger partial charge is 0.433 e. The molecule has 0 aliphatic heterocycles. The smallest absolute Gasteiger partial charge is 0.335 e. The third-order valence-corrected chi connectivity index (χ3v) is 3.60. The first kappa shape index (κ1) is 18.7. The van der Waals surface area contributed by atoms with E-state index in [4.69, 9.17) is 0 Å². The van der Waals surface area contributed by atoms with Gasteiger partial charge in [-0.1, -0.05) is 17.7 Å². The van der Waals surface area contributed by atoms with E-state index in [1.54, 1.807) is 0 Å². The monoisotopic (exact) mass is 352 g/mol. The van der Waals surface area contributed by atoms with E-state index >= 15 is 0 Å². The highest BCUT2D eigenvalue weighted by Crippen LogP contribution is 2.28. The van der Waals surface area contributed by atoms with Crippen LogP contribution in [-0.4, -0.2) is 29.5 Å². The van der Waals surface area contributed by atoms with Gasteiger partial charge in [0.1, 0.15) is 5.69 Å². The maximum atomic E-state index is 12.7. The standard InChI is InChI=1S/C17H19F3N4O/c1-10-7-11(2)15(12(3)8-10)23-14(25)9-24(4)16-21-6-5-13(22-16)17(18,19)20/h5-8H,9H2,1-4H3,(H,23,25). The van der Waals surface area contributed by atoms with Gasteiger partial charge in [-0.05, 0) is 38.0 Å². The number of carbonyl (C=O) groups excluding carboxylic acids is 1. The molecule has 1 N–H and O–H groups in total. The first-order chi connectivity index (χ1) is 11.6. The van der Waals surface area contributed by atoms with Crippen LogP contribution in [0, 0.1) is 20.8 Å². The van der Waals surface area contributed by atoms with Crippen molar-refractivity contribution in [2.45, 2.75) is 26.9 Å². The number of amides is 1. The van der Waals surface area contributed by atoms with Crippen LogP contribution in [0.25, 0.3) is 0 Å². The lowest BCUT2D eigenvalue weighted by molar-refractivity contribution is -0.141. The lowest BCUT2D eigenvalue weighted by Crippen LogP contribution is -2.32. The number of alkyl halides is 3. The van der Waals surface area contributed by atoms with Crippen molar-refractivity contribution in [3.8, 4) is 0 Å². The van der Waals surface area contributed by atoms with E-state index < -0.39 is 11.9 Å². The molecule has 5 nitrogen and oxygen atoms in total. The summed E-state index contributed by atoms with van der Waals surface area (Å²) < 4.78 is 38.1. The van der Waals surface area contributed by atoms with Gasteiger partial charge in [0, 0.05) is 18.9 Å². The Morgan fingerprint density at radius 2 is 1.80 bits per heavy atom. The van der Waals surface area contributed by atoms with E-state index in [1.807, 2.05) is 32.9 Å². The molecule has 0 bridgehead atoms. The van der Waals surface area contributed by atoms with E-state index in [0.29, 0.717) is 5.69 Å². The number of carbonyl (C=O) groups is 1. The van der Waals surface area contributed by atoms with E-state index in [1.165, 1.54) is 11.9 Å². The molecule has 1 aromatic carbocycles. The molecule has 8 heteroatoms. The molecule has 0 atom stereocenters. The second kappa shape index (κ2) is 7.08. The molecule has 2 aromatic rings. The Hall–Kier alpha value is -2.64. The van der Waals surface area contributed by atoms with Crippen molar-refractivity contribution >= 4 is 17.5 Å². The average molecular weight is 352 g/mol. The van der Waals surface area contributed by atoms with Gasteiger partial charge in [0.25, 0.3) is 0 Å². The zero-order valence-corrected chi connectivity index (χ0v) is 14.4. The lowest BCUT2D eigenvalue weighted by atomic mass is 10.1. The number of hydrogen-bond donors (Lipinski definition) is 1. The molecule has 0 aliphatic rings. The second-order valence-electron chi connectivity index (χ2n) is 5.92. The van der Waals surface area contributed by atoms with E-state index in [9.17, 15) is 18.0 Å². The number of rotatable bonds is 4. The number of nitrogens with one attached hydrogen (secondary N) is 1. The second-order valence-corrected chi connectivity index (χ2v) is 5.92. The molecule has 134 valence electrons. The zero-order chi connectivity index (χ0) is 18.8. The van der Waals surface area contributed by atoms with Crippen LogP contribution in [0.4, 0.5) is 24.8 Å².